The molecule has 1 aliphatic rings. The minimum absolute atomic E-state index is 0.0474. The number of hydrogen-bond donors (Lipinski definition) is 2. The van der Waals surface area contributed by atoms with Crippen LogP contribution >= 0.6 is 0 Å². The Morgan fingerprint density at radius 1 is 1.00 bits per heavy atom. The van der Waals surface area contributed by atoms with Gasteiger partial charge in [0, 0.05) is 28.9 Å². The third-order valence-electron chi connectivity index (χ3n) is 5.29. The summed E-state index contributed by atoms with van der Waals surface area (Å²) < 4.78 is 14.1. The summed E-state index contributed by atoms with van der Waals surface area (Å²) in [7, 11) is 0. The van der Waals surface area contributed by atoms with Crippen molar-refractivity contribution in [1.29, 1.82) is 0 Å². The topological polar surface area (TPSA) is 56.3 Å². The standard InChI is InChI=1S/C23H17FN2O2/c24-16-9-10-21(27)18(12-16)22(20-11-14-5-2-4-8-19(14)25-20)26-13-15-6-1-3-7-17(15)23(26)28/h1-12,22,25,27H,13H2/t22-/m1/s1. The normalized spacial score (nSPS) is 14.5. The Hall–Kier alpha value is -3.60. The first-order valence-corrected chi connectivity index (χ1v) is 9.07. The molecule has 5 rings (SSSR count). The molecular weight excluding hydrogens is 355 g/mol. The van der Waals surface area contributed by atoms with Crippen LogP contribution in [0.3, 0.4) is 0 Å². The van der Waals surface area contributed by atoms with Crippen LogP contribution in [0.4, 0.5) is 4.39 Å². The number of hydrogen-bond acceptors (Lipinski definition) is 2. The van der Waals surface area contributed by atoms with Gasteiger partial charge >= 0.3 is 0 Å². The Balaban J connectivity index is 1.69. The van der Waals surface area contributed by atoms with Gasteiger partial charge in [0.05, 0.1) is 0 Å². The summed E-state index contributed by atoms with van der Waals surface area (Å²) in [6.45, 7) is 0.394. The van der Waals surface area contributed by atoms with Crippen molar-refractivity contribution in [2.24, 2.45) is 0 Å². The van der Waals surface area contributed by atoms with Crippen molar-refractivity contribution in [3.8, 4) is 5.75 Å². The van der Waals surface area contributed by atoms with Gasteiger partial charge in [0.25, 0.3) is 5.91 Å². The van der Waals surface area contributed by atoms with Crippen LogP contribution in [0.15, 0.2) is 72.8 Å². The van der Waals surface area contributed by atoms with Crippen molar-refractivity contribution in [3.63, 3.8) is 0 Å². The van der Waals surface area contributed by atoms with Crippen LogP contribution in [0.25, 0.3) is 10.9 Å². The predicted molar refractivity (Wildman–Crippen MR) is 105 cm³/mol. The minimum atomic E-state index is -0.636. The summed E-state index contributed by atoms with van der Waals surface area (Å²) in [5.41, 5.74) is 3.56. The smallest absolute Gasteiger partial charge is 0.255 e. The number of fused-ring (bicyclic) bond motifs is 2. The first-order chi connectivity index (χ1) is 13.6. The molecule has 28 heavy (non-hydrogen) atoms. The van der Waals surface area contributed by atoms with E-state index in [1.54, 1.807) is 11.0 Å². The van der Waals surface area contributed by atoms with E-state index in [4.69, 9.17) is 0 Å². The summed E-state index contributed by atoms with van der Waals surface area (Å²) in [6, 6.07) is 20.4. The molecule has 2 heterocycles. The minimum Gasteiger partial charge on any atom is -0.508 e. The number of H-pyrrole nitrogens is 1. The number of halogens is 1. The molecule has 1 aromatic heterocycles. The highest BCUT2D eigenvalue weighted by Crippen LogP contribution is 2.39. The number of amides is 1. The molecule has 0 fully saturated rings. The molecule has 2 N–H and O–H groups in total. The largest absolute Gasteiger partial charge is 0.508 e. The van der Waals surface area contributed by atoms with Crippen LogP contribution in [-0.2, 0) is 6.54 Å². The lowest BCUT2D eigenvalue weighted by Gasteiger charge is -2.28. The molecule has 1 aliphatic heterocycles. The van der Waals surface area contributed by atoms with E-state index in [0.717, 1.165) is 22.2 Å². The zero-order chi connectivity index (χ0) is 19.3. The lowest BCUT2D eigenvalue weighted by molar-refractivity contribution is 0.0726. The zero-order valence-electron chi connectivity index (χ0n) is 14.9. The van der Waals surface area contributed by atoms with Gasteiger partial charge in [-0.2, -0.15) is 0 Å². The highest BCUT2D eigenvalue weighted by molar-refractivity contribution is 5.99. The maximum absolute atomic E-state index is 14.1. The third-order valence-corrected chi connectivity index (χ3v) is 5.29. The van der Waals surface area contributed by atoms with Crippen LogP contribution in [0.5, 0.6) is 5.75 Å². The second kappa shape index (κ2) is 6.23. The van der Waals surface area contributed by atoms with Gasteiger partial charge in [-0.25, -0.2) is 4.39 Å². The van der Waals surface area contributed by atoms with Crippen molar-refractivity contribution >= 4 is 16.8 Å². The highest BCUT2D eigenvalue weighted by Gasteiger charge is 2.36. The van der Waals surface area contributed by atoms with Gasteiger partial charge in [-0.3, -0.25) is 4.79 Å². The van der Waals surface area contributed by atoms with Crippen LogP contribution < -0.4 is 0 Å². The highest BCUT2D eigenvalue weighted by atomic mass is 19.1. The van der Waals surface area contributed by atoms with Crippen LogP contribution in [0.1, 0.15) is 33.2 Å². The Labute approximate surface area is 160 Å². The average Bonchev–Trinajstić information content (AvgIpc) is 3.27. The van der Waals surface area contributed by atoms with Gasteiger partial charge in [0.15, 0.2) is 0 Å². The van der Waals surface area contributed by atoms with Gasteiger partial charge in [0.2, 0.25) is 0 Å². The molecular formula is C23H17FN2O2. The van der Waals surface area contributed by atoms with E-state index in [1.165, 1.54) is 18.2 Å². The van der Waals surface area contributed by atoms with Crippen LogP contribution in [-0.4, -0.2) is 20.9 Å². The monoisotopic (exact) mass is 372 g/mol. The Morgan fingerprint density at radius 2 is 1.79 bits per heavy atom. The first-order valence-electron chi connectivity index (χ1n) is 9.07. The summed E-state index contributed by atoms with van der Waals surface area (Å²) in [5, 5.41) is 11.5. The van der Waals surface area contributed by atoms with Gasteiger partial charge in [-0.15, -0.1) is 0 Å². The second-order valence-electron chi connectivity index (χ2n) is 7.01. The van der Waals surface area contributed by atoms with Crippen molar-refractivity contribution in [2.75, 3.05) is 0 Å². The molecule has 0 bridgehead atoms. The fourth-order valence-electron chi connectivity index (χ4n) is 3.98. The first kappa shape index (κ1) is 16.6. The Kier molecular flexibility index (Phi) is 3.69. The molecule has 1 amide bonds. The molecule has 0 radical (unpaired) electrons. The molecule has 0 unspecified atom stereocenters. The van der Waals surface area contributed by atoms with E-state index < -0.39 is 11.9 Å². The molecule has 0 aliphatic carbocycles. The number of para-hydroxylation sites is 1. The number of carbonyl (C=O) groups excluding carboxylic acids is 1. The molecule has 0 saturated heterocycles. The molecule has 4 aromatic rings. The summed E-state index contributed by atoms with van der Waals surface area (Å²) in [6.07, 6.45) is 0. The third kappa shape index (κ3) is 2.55. The molecule has 138 valence electrons. The molecule has 0 saturated carbocycles. The number of aromatic amines is 1. The van der Waals surface area contributed by atoms with Crippen molar-refractivity contribution in [1.82, 2.24) is 9.88 Å². The van der Waals surface area contributed by atoms with Crippen LogP contribution in [0, 0.1) is 5.82 Å². The molecule has 5 heteroatoms. The number of nitrogens with one attached hydrogen (secondary N) is 1. The van der Waals surface area contributed by atoms with Crippen molar-refractivity contribution in [3.05, 3.63) is 101 Å². The maximum atomic E-state index is 14.1. The Morgan fingerprint density at radius 3 is 2.61 bits per heavy atom. The summed E-state index contributed by atoms with van der Waals surface area (Å²) in [5.74, 6) is -0.644. The fourth-order valence-corrected chi connectivity index (χ4v) is 3.98. The number of phenols is 1. The van der Waals surface area contributed by atoms with Gasteiger partial charge in [-0.1, -0.05) is 36.4 Å². The Bertz CT molecular complexity index is 1180. The van der Waals surface area contributed by atoms with E-state index in [-0.39, 0.29) is 11.7 Å². The molecule has 1 atom stereocenters. The van der Waals surface area contributed by atoms with Gasteiger partial charge < -0.3 is 15.0 Å². The van der Waals surface area contributed by atoms with Crippen LogP contribution in [0.2, 0.25) is 0 Å². The van der Waals surface area contributed by atoms with Gasteiger partial charge in [-0.05, 0) is 47.3 Å². The zero-order valence-corrected chi connectivity index (χ0v) is 14.9. The number of nitrogens with zero attached hydrogens (tertiary/aromatic N) is 1. The number of aromatic nitrogens is 1. The van der Waals surface area contributed by atoms with E-state index in [0.29, 0.717) is 17.7 Å². The van der Waals surface area contributed by atoms with Crippen molar-refractivity contribution < 1.29 is 14.3 Å². The van der Waals surface area contributed by atoms with E-state index >= 15 is 0 Å². The SMILES string of the molecule is O=C1c2ccccc2CN1[C@@H](c1cc2ccccc2[nH]1)c1cc(F)ccc1O. The lowest BCUT2D eigenvalue weighted by atomic mass is 10.0. The number of rotatable bonds is 3. The number of aromatic hydroxyl groups is 1. The predicted octanol–water partition coefficient (Wildman–Crippen LogP) is 4.76. The lowest BCUT2D eigenvalue weighted by Crippen LogP contribution is -2.30. The number of phenolic OH excluding ortho intramolecular Hbond substituents is 1. The van der Waals surface area contributed by atoms with Crippen molar-refractivity contribution in [2.45, 2.75) is 12.6 Å². The van der Waals surface area contributed by atoms with Gasteiger partial charge in [0.1, 0.15) is 17.6 Å². The molecule has 4 nitrogen and oxygen atoms in total. The van der Waals surface area contributed by atoms with E-state index in [2.05, 4.69) is 4.98 Å². The summed E-state index contributed by atoms with van der Waals surface area (Å²) in [4.78, 5) is 18.1. The summed E-state index contributed by atoms with van der Waals surface area (Å²) >= 11 is 0. The molecule has 3 aromatic carbocycles. The quantitative estimate of drug-likeness (QED) is 0.545. The average molecular weight is 372 g/mol. The number of benzene rings is 3. The second-order valence-corrected chi connectivity index (χ2v) is 7.01. The number of carbonyl (C=O) groups is 1. The van der Waals surface area contributed by atoms with E-state index in [1.807, 2.05) is 48.5 Å². The fraction of sp³-hybridized carbons (Fsp3) is 0.0870. The van der Waals surface area contributed by atoms with E-state index in [9.17, 15) is 14.3 Å². The molecule has 0 spiro atoms. The maximum Gasteiger partial charge on any atom is 0.255 e.